The molecule has 0 aliphatic heterocycles. The first-order valence-electron chi connectivity index (χ1n) is 7.46. The SMILES string of the molecule is NS(=O)(=O)c1ccc(C(=O)N[C@H]2CCCCc3ccccc32)o1. The van der Waals surface area contributed by atoms with Gasteiger partial charge in [-0.25, -0.2) is 13.6 Å². The van der Waals surface area contributed by atoms with E-state index in [1.807, 2.05) is 18.2 Å². The van der Waals surface area contributed by atoms with Gasteiger partial charge in [0.2, 0.25) is 5.09 Å². The van der Waals surface area contributed by atoms with Crippen LogP contribution in [0.2, 0.25) is 0 Å². The van der Waals surface area contributed by atoms with Crippen LogP contribution < -0.4 is 10.5 Å². The standard InChI is InChI=1S/C16H18N2O4S/c17-23(20,21)15-10-9-14(22-15)16(19)18-13-8-4-2-6-11-5-1-3-7-12(11)13/h1,3,5,7,9-10,13H,2,4,6,8H2,(H,18,19)(H2,17,20,21)/t13-/m0/s1. The Kier molecular flexibility index (Phi) is 4.23. The fourth-order valence-electron chi connectivity index (χ4n) is 2.90. The Hall–Kier alpha value is -2.12. The monoisotopic (exact) mass is 334 g/mol. The summed E-state index contributed by atoms with van der Waals surface area (Å²) >= 11 is 0. The van der Waals surface area contributed by atoms with E-state index in [4.69, 9.17) is 9.56 Å². The molecule has 6 nitrogen and oxygen atoms in total. The van der Waals surface area contributed by atoms with Gasteiger partial charge in [0.05, 0.1) is 6.04 Å². The third-order valence-electron chi connectivity index (χ3n) is 4.01. The van der Waals surface area contributed by atoms with Crippen molar-refractivity contribution in [1.29, 1.82) is 0 Å². The Morgan fingerprint density at radius 3 is 2.70 bits per heavy atom. The van der Waals surface area contributed by atoms with Crippen molar-refractivity contribution in [2.45, 2.75) is 36.8 Å². The van der Waals surface area contributed by atoms with E-state index in [-0.39, 0.29) is 11.8 Å². The Bertz CT molecular complexity index is 826. The van der Waals surface area contributed by atoms with Crippen molar-refractivity contribution in [1.82, 2.24) is 5.32 Å². The summed E-state index contributed by atoms with van der Waals surface area (Å²) in [4.78, 5) is 12.3. The molecule has 7 heteroatoms. The zero-order valence-electron chi connectivity index (χ0n) is 12.5. The van der Waals surface area contributed by atoms with Crippen LogP contribution in [0.5, 0.6) is 0 Å². The molecule has 122 valence electrons. The minimum atomic E-state index is -3.95. The molecule has 2 aromatic rings. The average molecular weight is 334 g/mol. The van der Waals surface area contributed by atoms with Gasteiger partial charge in [-0.2, -0.15) is 0 Å². The number of rotatable bonds is 3. The molecule has 0 radical (unpaired) electrons. The van der Waals surface area contributed by atoms with Crippen LogP contribution in [0.25, 0.3) is 0 Å². The van der Waals surface area contributed by atoms with Gasteiger partial charge in [0.25, 0.3) is 15.9 Å². The van der Waals surface area contributed by atoms with Crippen LogP contribution in [0.4, 0.5) is 0 Å². The number of benzene rings is 1. The maximum Gasteiger partial charge on any atom is 0.287 e. The number of amides is 1. The molecule has 1 amide bonds. The largest absolute Gasteiger partial charge is 0.438 e. The van der Waals surface area contributed by atoms with E-state index in [1.165, 1.54) is 17.7 Å². The second kappa shape index (κ2) is 6.17. The third kappa shape index (κ3) is 3.46. The van der Waals surface area contributed by atoms with Gasteiger partial charge in [-0.15, -0.1) is 0 Å². The highest BCUT2D eigenvalue weighted by molar-refractivity contribution is 7.89. The molecule has 0 fully saturated rings. The van der Waals surface area contributed by atoms with E-state index in [9.17, 15) is 13.2 Å². The summed E-state index contributed by atoms with van der Waals surface area (Å²) in [7, 11) is -3.95. The lowest BCUT2D eigenvalue weighted by molar-refractivity contribution is 0.0901. The molecule has 1 atom stereocenters. The Balaban J connectivity index is 1.81. The van der Waals surface area contributed by atoms with E-state index in [2.05, 4.69) is 11.4 Å². The van der Waals surface area contributed by atoms with Crippen LogP contribution in [0.1, 0.15) is 47.0 Å². The number of carbonyl (C=O) groups is 1. The van der Waals surface area contributed by atoms with Gasteiger partial charge in [-0.05, 0) is 42.5 Å². The Morgan fingerprint density at radius 2 is 1.96 bits per heavy atom. The number of carbonyl (C=O) groups excluding carboxylic acids is 1. The lowest BCUT2D eigenvalue weighted by Gasteiger charge is -2.18. The number of aryl methyl sites for hydroxylation is 1. The minimum absolute atomic E-state index is 0.0595. The fraction of sp³-hybridized carbons (Fsp3) is 0.312. The molecule has 3 N–H and O–H groups in total. The molecule has 0 saturated carbocycles. The van der Waals surface area contributed by atoms with Crippen LogP contribution in [0.3, 0.4) is 0 Å². The average Bonchev–Trinajstić information content (AvgIpc) is 2.93. The van der Waals surface area contributed by atoms with Crippen LogP contribution in [-0.4, -0.2) is 14.3 Å². The van der Waals surface area contributed by atoms with E-state index in [0.717, 1.165) is 31.2 Å². The first kappa shape index (κ1) is 15.8. The van der Waals surface area contributed by atoms with E-state index < -0.39 is 21.0 Å². The topological polar surface area (TPSA) is 102 Å². The van der Waals surface area contributed by atoms with Gasteiger partial charge >= 0.3 is 0 Å². The van der Waals surface area contributed by atoms with E-state index in [1.54, 1.807) is 0 Å². The highest BCUT2D eigenvalue weighted by atomic mass is 32.2. The van der Waals surface area contributed by atoms with E-state index >= 15 is 0 Å². The minimum Gasteiger partial charge on any atom is -0.438 e. The molecule has 0 spiro atoms. The molecule has 0 saturated heterocycles. The molecule has 0 unspecified atom stereocenters. The molecule has 1 aromatic heterocycles. The second-order valence-electron chi connectivity index (χ2n) is 5.63. The summed E-state index contributed by atoms with van der Waals surface area (Å²) in [6.45, 7) is 0. The summed E-state index contributed by atoms with van der Waals surface area (Å²) in [5.74, 6) is -0.502. The maximum atomic E-state index is 12.3. The van der Waals surface area contributed by atoms with Crippen LogP contribution in [-0.2, 0) is 16.4 Å². The van der Waals surface area contributed by atoms with Gasteiger partial charge in [0.15, 0.2) is 5.76 Å². The summed E-state index contributed by atoms with van der Waals surface area (Å²) < 4.78 is 27.5. The summed E-state index contributed by atoms with van der Waals surface area (Å²) in [5.41, 5.74) is 2.34. The second-order valence-corrected chi connectivity index (χ2v) is 7.13. The highest BCUT2D eigenvalue weighted by Crippen LogP contribution is 2.28. The predicted molar refractivity (Wildman–Crippen MR) is 84.3 cm³/mol. The molecule has 1 aliphatic carbocycles. The first-order valence-corrected chi connectivity index (χ1v) is 9.01. The highest BCUT2D eigenvalue weighted by Gasteiger charge is 2.23. The number of fused-ring (bicyclic) bond motifs is 1. The number of nitrogens with one attached hydrogen (secondary N) is 1. The number of sulfonamides is 1. The van der Waals surface area contributed by atoms with Gasteiger partial charge < -0.3 is 9.73 Å². The van der Waals surface area contributed by atoms with Crippen molar-refractivity contribution in [2.75, 3.05) is 0 Å². The smallest absolute Gasteiger partial charge is 0.287 e. The molecule has 0 bridgehead atoms. The van der Waals surface area contributed by atoms with Crippen molar-refractivity contribution < 1.29 is 17.6 Å². The van der Waals surface area contributed by atoms with Crippen LogP contribution in [0.15, 0.2) is 45.9 Å². The fourth-order valence-corrected chi connectivity index (χ4v) is 3.36. The normalized spacial score (nSPS) is 18.0. The van der Waals surface area contributed by atoms with Gasteiger partial charge in [0.1, 0.15) is 0 Å². The zero-order valence-corrected chi connectivity index (χ0v) is 13.3. The van der Waals surface area contributed by atoms with E-state index in [0.29, 0.717) is 0 Å². The molecule has 3 rings (SSSR count). The lowest BCUT2D eigenvalue weighted by Crippen LogP contribution is -2.28. The molecular formula is C16H18N2O4S. The number of primary sulfonamides is 1. The maximum absolute atomic E-state index is 12.3. The molecule has 1 aliphatic rings. The number of hydrogen-bond acceptors (Lipinski definition) is 4. The van der Waals surface area contributed by atoms with Gasteiger partial charge in [-0.3, -0.25) is 4.79 Å². The van der Waals surface area contributed by atoms with Crippen molar-refractivity contribution in [3.63, 3.8) is 0 Å². The molecule has 23 heavy (non-hydrogen) atoms. The number of furan rings is 1. The number of hydrogen-bond donors (Lipinski definition) is 2. The number of nitrogens with two attached hydrogens (primary N) is 1. The van der Waals surface area contributed by atoms with Gasteiger partial charge in [0, 0.05) is 0 Å². The predicted octanol–water partition coefficient (Wildman–Crippen LogP) is 2.12. The van der Waals surface area contributed by atoms with Crippen molar-refractivity contribution in [3.05, 3.63) is 53.3 Å². The molecular weight excluding hydrogens is 316 g/mol. The van der Waals surface area contributed by atoms with Crippen LogP contribution in [0, 0.1) is 0 Å². The Morgan fingerprint density at radius 1 is 1.17 bits per heavy atom. The zero-order chi connectivity index (χ0) is 16.4. The summed E-state index contributed by atoms with van der Waals surface area (Å²) in [5, 5.41) is 7.50. The lowest BCUT2D eigenvalue weighted by atomic mass is 9.99. The summed E-state index contributed by atoms with van der Waals surface area (Å²) in [6, 6.07) is 10.4. The first-order chi connectivity index (χ1) is 10.9. The summed E-state index contributed by atoms with van der Waals surface area (Å²) in [6.07, 6.45) is 3.93. The van der Waals surface area contributed by atoms with Crippen molar-refractivity contribution >= 4 is 15.9 Å². The molecule has 1 heterocycles. The quantitative estimate of drug-likeness (QED) is 0.839. The molecule has 1 aromatic carbocycles. The van der Waals surface area contributed by atoms with Crippen molar-refractivity contribution in [2.24, 2.45) is 5.14 Å². The third-order valence-corrected chi connectivity index (χ3v) is 4.79. The van der Waals surface area contributed by atoms with Crippen LogP contribution >= 0.6 is 0 Å². The van der Waals surface area contributed by atoms with Crippen molar-refractivity contribution in [3.8, 4) is 0 Å². The van der Waals surface area contributed by atoms with Gasteiger partial charge in [-0.1, -0.05) is 30.7 Å². The Labute approximate surface area is 134 Å².